The van der Waals surface area contributed by atoms with Crippen LogP contribution < -0.4 is 10.5 Å². The highest BCUT2D eigenvalue weighted by molar-refractivity contribution is 7.89. The first kappa shape index (κ1) is 16.1. The van der Waals surface area contributed by atoms with Crippen molar-refractivity contribution < 1.29 is 8.42 Å². The Kier molecular flexibility index (Phi) is 4.44. The summed E-state index contributed by atoms with van der Waals surface area (Å²) in [7, 11) is -3.57. The summed E-state index contributed by atoms with van der Waals surface area (Å²) >= 11 is 0. The number of nitrogens with two attached hydrogens (primary N) is 1. The van der Waals surface area contributed by atoms with Crippen LogP contribution in [-0.4, -0.2) is 20.5 Å². The Labute approximate surface area is 116 Å². The molecule has 4 nitrogen and oxygen atoms in total. The van der Waals surface area contributed by atoms with Gasteiger partial charge in [-0.05, 0) is 63.8 Å². The van der Waals surface area contributed by atoms with Crippen LogP contribution in [0.5, 0.6) is 0 Å². The van der Waals surface area contributed by atoms with Crippen LogP contribution in [-0.2, 0) is 10.0 Å². The third-order valence-corrected chi connectivity index (χ3v) is 5.46. The molecule has 0 bridgehead atoms. The van der Waals surface area contributed by atoms with Crippen LogP contribution >= 0.6 is 0 Å². The normalized spacial score (nSPS) is 12.8. The maximum absolute atomic E-state index is 12.6. The second kappa shape index (κ2) is 5.23. The largest absolute Gasteiger partial charge is 0.329 e. The zero-order valence-electron chi connectivity index (χ0n) is 12.6. The Morgan fingerprint density at radius 3 is 1.89 bits per heavy atom. The van der Waals surface area contributed by atoms with Crippen LogP contribution in [0.25, 0.3) is 0 Å². The van der Waals surface area contributed by atoms with E-state index in [0.717, 1.165) is 22.3 Å². The van der Waals surface area contributed by atoms with Crippen molar-refractivity contribution in [3.05, 3.63) is 28.3 Å². The minimum atomic E-state index is -3.57. The van der Waals surface area contributed by atoms with Crippen molar-refractivity contribution >= 4 is 10.0 Å². The number of benzene rings is 1. The van der Waals surface area contributed by atoms with E-state index in [9.17, 15) is 8.42 Å². The van der Waals surface area contributed by atoms with Gasteiger partial charge in [-0.15, -0.1) is 0 Å². The lowest BCUT2D eigenvalue weighted by Gasteiger charge is -2.26. The molecule has 0 saturated carbocycles. The average molecular weight is 284 g/mol. The molecule has 0 radical (unpaired) electrons. The average Bonchev–Trinajstić information content (AvgIpc) is 2.25. The van der Waals surface area contributed by atoms with Gasteiger partial charge >= 0.3 is 0 Å². The summed E-state index contributed by atoms with van der Waals surface area (Å²) < 4.78 is 27.9. The van der Waals surface area contributed by atoms with E-state index in [4.69, 9.17) is 5.73 Å². The van der Waals surface area contributed by atoms with Gasteiger partial charge in [-0.3, -0.25) is 0 Å². The van der Waals surface area contributed by atoms with E-state index in [-0.39, 0.29) is 6.54 Å². The molecule has 0 aliphatic carbocycles. The van der Waals surface area contributed by atoms with Crippen molar-refractivity contribution in [1.29, 1.82) is 0 Å². The Balaban J connectivity index is 3.46. The van der Waals surface area contributed by atoms with Gasteiger partial charge in [0.15, 0.2) is 0 Å². The molecule has 1 aromatic rings. The smallest absolute Gasteiger partial charge is 0.241 e. The molecule has 0 heterocycles. The van der Waals surface area contributed by atoms with Gasteiger partial charge < -0.3 is 5.73 Å². The molecule has 1 rings (SSSR count). The molecule has 1 aromatic carbocycles. The molecule has 0 spiro atoms. The predicted octanol–water partition coefficient (Wildman–Crippen LogP) is 1.94. The van der Waals surface area contributed by atoms with E-state index in [0.29, 0.717) is 4.90 Å². The number of nitrogens with one attached hydrogen (secondary N) is 1. The number of rotatable bonds is 4. The topological polar surface area (TPSA) is 72.2 Å². The van der Waals surface area contributed by atoms with Gasteiger partial charge in [0.05, 0.1) is 4.90 Å². The van der Waals surface area contributed by atoms with Crippen molar-refractivity contribution in [3.8, 4) is 0 Å². The van der Waals surface area contributed by atoms with E-state index in [1.54, 1.807) is 13.8 Å². The van der Waals surface area contributed by atoms with Gasteiger partial charge in [0, 0.05) is 12.1 Å². The molecule has 0 fully saturated rings. The fourth-order valence-electron chi connectivity index (χ4n) is 2.04. The molecule has 5 heteroatoms. The zero-order valence-corrected chi connectivity index (χ0v) is 13.4. The summed E-state index contributed by atoms with van der Waals surface area (Å²) in [5, 5.41) is 0. The highest BCUT2D eigenvalue weighted by Gasteiger charge is 2.28. The SMILES string of the molecule is Cc1cc(C)c(C)c(S(=O)(=O)NC(C)(C)CN)c1C. The van der Waals surface area contributed by atoms with Gasteiger partial charge in [-0.25, -0.2) is 13.1 Å². The summed E-state index contributed by atoms with van der Waals surface area (Å²) in [6.07, 6.45) is 0. The van der Waals surface area contributed by atoms with Crippen LogP contribution in [0.1, 0.15) is 36.1 Å². The molecule has 108 valence electrons. The highest BCUT2D eigenvalue weighted by atomic mass is 32.2. The van der Waals surface area contributed by atoms with Gasteiger partial charge in [-0.2, -0.15) is 0 Å². The summed E-state index contributed by atoms with van der Waals surface area (Å²) in [6, 6.07) is 2.01. The fourth-order valence-corrected chi connectivity index (χ4v) is 4.08. The van der Waals surface area contributed by atoms with Crippen molar-refractivity contribution in [2.45, 2.75) is 52.0 Å². The summed E-state index contributed by atoms with van der Waals surface area (Å²) in [5.74, 6) is 0. The minimum Gasteiger partial charge on any atom is -0.329 e. The Morgan fingerprint density at radius 1 is 1.11 bits per heavy atom. The lowest BCUT2D eigenvalue weighted by atomic mass is 10.0. The molecule has 0 saturated heterocycles. The standard InChI is InChI=1S/C14H24N2O2S/c1-9-7-10(2)12(4)13(11(9)3)19(17,18)16-14(5,6)8-15/h7,16H,8,15H2,1-6H3. The third kappa shape index (κ3) is 3.35. The van der Waals surface area contributed by atoms with E-state index >= 15 is 0 Å². The lowest BCUT2D eigenvalue weighted by Crippen LogP contribution is -2.49. The lowest BCUT2D eigenvalue weighted by molar-refractivity contribution is 0.462. The number of aryl methyl sites for hydroxylation is 2. The first-order valence-electron chi connectivity index (χ1n) is 6.33. The van der Waals surface area contributed by atoms with E-state index < -0.39 is 15.6 Å². The second-order valence-corrected chi connectivity index (χ2v) is 7.40. The Morgan fingerprint density at radius 2 is 1.53 bits per heavy atom. The fraction of sp³-hybridized carbons (Fsp3) is 0.571. The van der Waals surface area contributed by atoms with Crippen molar-refractivity contribution in [2.24, 2.45) is 5.73 Å². The van der Waals surface area contributed by atoms with E-state index in [1.807, 2.05) is 33.8 Å². The van der Waals surface area contributed by atoms with Crippen LogP contribution in [0.2, 0.25) is 0 Å². The highest BCUT2D eigenvalue weighted by Crippen LogP contribution is 2.26. The van der Waals surface area contributed by atoms with Gasteiger partial charge in [0.25, 0.3) is 0 Å². The molecule has 0 atom stereocenters. The quantitative estimate of drug-likeness (QED) is 0.887. The molecular formula is C14H24N2O2S. The molecule has 0 aliphatic heterocycles. The van der Waals surface area contributed by atoms with Crippen LogP contribution in [0.15, 0.2) is 11.0 Å². The number of hydrogen-bond donors (Lipinski definition) is 2. The van der Waals surface area contributed by atoms with Crippen molar-refractivity contribution in [2.75, 3.05) is 6.54 Å². The molecule has 0 unspecified atom stereocenters. The summed E-state index contributed by atoms with van der Waals surface area (Å²) in [6.45, 7) is 11.3. The molecule has 0 aromatic heterocycles. The van der Waals surface area contributed by atoms with Crippen LogP contribution in [0.4, 0.5) is 0 Å². The van der Waals surface area contributed by atoms with Gasteiger partial charge in [-0.1, -0.05) is 6.07 Å². The maximum atomic E-state index is 12.6. The van der Waals surface area contributed by atoms with Crippen molar-refractivity contribution in [1.82, 2.24) is 4.72 Å². The van der Waals surface area contributed by atoms with Crippen LogP contribution in [0, 0.1) is 27.7 Å². The minimum absolute atomic E-state index is 0.245. The predicted molar refractivity (Wildman–Crippen MR) is 78.8 cm³/mol. The maximum Gasteiger partial charge on any atom is 0.241 e. The second-order valence-electron chi connectivity index (χ2n) is 5.78. The molecule has 3 N–H and O–H groups in total. The van der Waals surface area contributed by atoms with E-state index in [1.165, 1.54) is 0 Å². The molecule has 19 heavy (non-hydrogen) atoms. The first-order chi connectivity index (χ1) is 8.52. The summed E-state index contributed by atoms with van der Waals surface area (Å²) in [5.41, 5.74) is 8.49. The van der Waals surface area contributed by atoms with Gasteiger partial charge in [0.2, 0.25) is 10.0 Å². The first-order valence-corrected chi connectivity index (χ1v) is 7.81. The van der Waals surface area contributed by atoms with E-state index in [2.05, 4.69) is 4.72 Å². The Bertz CT molecular complexity index is 564. The molecular weight excluding hydrogens is 260 g/mol. The van der Waals surface area contributed by atoms with Crippen LogP contribution in [0.3, 0.4) is 0 Å². The number of hydrogen-bond acceptors (Lipinski definition) is 3. The third-order valence-electron chi connectivity index (χ3n) is 3.49. The summed E-state index contributed by atoms with van der Waals surface area (Å²) in [4.78, 5) is 0.381. The van der Waals surface area contributed by atoms with Crippen molar-refractivity contribution in [3.63, 3.8) is 0 Å². The zero-order chi connectivity index (χ0) is 15.0. The van der Waals surface area contributed by atoms with Gasteiger partial charge in [0.1, 0.15) is 0 Å². The number of sulfonamides is 1. The monoisotopic (exact) mass is 284 g/mol. The molecule has 0 amide bonds. The Hall–Kier alpha value is -0.910. The molecule has 0 aliphatic rings.